The van der Waals surface area contributed by atoms with E-state index in [9.17, 15) is 0 Å². The molecule has 0 aliphatic heterocycles. The summed E-state index contributed by atoms with van der Waals surface area (Å²) in [7, 11) is 1.85. The minimum Gasteiger partial charge on any atom is -0.297 e. The van der Waals surface area contributed by atoms with Crippen LogP contribution in [-0.2, 0) is 0 Å². The number of rotatable bonds is 4. The van der Waals surface area contributed by atoms with Gasteiger partial charge in [-0.25, -0.2) is 0 Å². The Morgan fingerprint density at radius 3 is 2.48 bits per heavy atom. The first-order valence-electron chi connectivity index (χ1n) is 11.0. The fourth-order valence-electron chi connectivity index (χ4n) is 5.94. The van der Waals surface area contributed by atoms with Gasteiger partial charge in [0.15, 0.2) is 0 Å². The van der Waals surface area contributed by atoms with Crippen LogP contribution < -0.4 is 0 Å². The molecule has 0 aromatic rings. The third kappa shape index (κ3) is 5.43. The summed E-state index contributed by atoms with van der Waals surface area (Å²) in [5.41, 5.74) is 0. The van der Waals surface area contributed by atoms with Crippen LogP contribution in [0.2, 0.25) is 0 Å². The monoisotopic (exact) mass is 363 g/mol. The van der Waals surface area contributed by atoms with Crippen molar-refractivity contribution in [1.82, 2.24) is 0 Å². The maximum Gasteiger partial charge on any atom is 0.0277 e. The second-order valence-electron chi connectivity index (χ2n) is 8.62. The van der Waals surface area contributed by atoms with Gasteiger partial charge in [0.05, 0.1) is 0 Å². The number of allylic oxidation sites excluding steroid dienone is 10. The van der Waals surface area contributed by atoms with E-state index < -0.39 is 0 Å². The molecule has 0 saturated heterocycles. The van der Waals surface area contributed by atoms with Gasteiger partial charge < -0.3 is 0 Å². The summed E-state index contributed by atoms with van der Waals surface area (Å²) < 4.78 is 0. The molecule has 0 radical (unpaired) electrons. The van der Waals surface area contributed by atoms with E-state index in [-0.39, 0.29) is 0 Å². The van der Waals surface area contributed by atoms with Gasteiger partial charge in [-0.1, -0.05) is 54.7 Å². The lowest BCUT2D eigenvalue weighted by Gasteiger charge is -2.32. The van der Waals surface area contributed by atoms with Crippen molar-refractivity contribution in [2.75, 3.05) is 7.05 Å². The maximum absolute atomic E-state index is 4.11. The molecule has 27 heavy (non-hydrogen) atoms. The Labute approximate surface area is 166 Å². The summed E-state index contributed by atoms with van der Waals surface area (Å²) in [4.78, 5) is 4.11. The quantitative estimate of drug-likeness (QED) is 0.378. The van der Waals surface area contributed by atoms with Crippen molar-refractivity contribution in [2.24, 2.45) is 40.5 Å². The smallest absolute Gasteiger partial charge is 0.0277 e. The average Bonchev–Trinajstić information content (AvgIpc) is 2.90. The van der Waals surface area contributed by atoms with Gasteiger partial charge in [-0.15, -0.1) is 0 Å². The van der Waals surface area contributed by atoms with Crippen LogP contribution in [0.1, 0.15) is 51.9 Å². The second-order valence-corrected chi connectivity index (χ2v) is 8.62. The van der Waals surface area contributed by atoms with E-state index in [1.54, 1.807) is 0 Å². The lowest BCUT2D eigenvalue weighted by Crippen LogP contribution is -2.23. The van der Waals surface area contributed by atoms with Crippen LogP contribution in [0.4, 0.5) is 0 Å². The molecule has 0 aromatic carbocycles. The molecule has 2 bridgehead atoms. The first-order valence-corrected chi connectivity index (χ1v) is 11.0. The van der Waals surface area contributed by atoms with Crippen LogP contribution in [0.5, 0.6) is 0 Å². The minimum atomic E-state index is 0.571. The van der Waals surface area contributed by atoms with Crippen molar-refractivity contribution in [3.8, 4) is 0 Å². The molecule has 3 aliphatic carbocycles. The predicted octanol–water partition coefficient (Wildman–Crippen LogP) is 6.96. The van der Waals surface area contributed by atoms with E-state index in [4.69, 9.17) is 0 Å². The molecule has 3 rings (SSSR count). The van der Waals surface area contributed by atoms with E-state index in [0.29, 0.717) is 5.92 Å². The fraction of sp³-hybridized carbons (Fsp3) is 0.577. The zero-order valence-corrected chi connectivity index (χ0v) is 17.2. The molecular weight excluding hydrogens is 326 g/mol. The highest BCUT2D eigenvalue weighted by Gasteiger charge is 2.47. The molecule has 0 amide bonds. The van der Waals surface area contributed by atoms with Crippen molar-refractivity contribution < 1.29 is 0 Å². The Balaban J connectivity index is 1.74. The Hall–Kier alpha value is -1.63. The molecule has 0 heterocycles. The first kappa shape index (κ1) is 20.1. The Morgan fingerprint density at radius 1 is 0.926 bits per heavy atom. The molecule has 1 nitrogen and oxygen atoms in total. The van der Waals surface area contributed by atoms with Gasteiger partial charge in [-0.05, 0) is 93.5 Å². The number of fused-ring (bicyclic) bond motifs is 5. The van der Waals surface area contributed by atoms with Gasteiger partial charge in [0.1, 0.15) is 0 Å². The Bertz CT molecular complexity index is 618. The molecule has 6 atom stereocenters. The summed E-state index contributed by atoms with van der Waals surface area (Å²) in [6.07, 6.45) is 34.3. The summed E-state index contributed by atoms with van der Waals surface area (Å²) in [5, 5.41) is 0. The zero-order chi connectivity index (χ0) is 18.9. The largest absolute Gasteiger partial charge is 0.297 e. The molecule has 2 fully saturated rings. The zero-order valence-electron chi connectivity index (χ0n) is 17.2. The van der Waals surface area contributed by atoms with Gasteiger partial charge in [0.25, 0.3) is 0 Å². The first-order chi connectivity index (χ1) is 13.3. The molecule has 0 spiro atoms. The van der Waals surface area contributed by atoms with Crippen molar-refractivity contribution >= 4 is 6.21 Å². The van der Waals surface area contributed by atoms with Crippen LogP contribution in [0.25, 0.3) is 0 Å². The van der Waals surface area contributed by atoms with Crippen LogP contribution in [-0.4, -0.2) is 13.3 Å². The van der Waals surface area contributed by atoms with Crippen LogP contribution in [0.15, 0.2) is 65.8 Å². The lowest BCUT2D eigenvalue weighted by molar-refractivity contribution is 0.215. The minimum absolute atomic E-state index is 0.571. The number of hydrogen-bond acceptors (Lipinski definition) is 1. The van der Waals surface area contributed by atoms with Gasteiger partial charge >= 0.3 is 0 Å². The highest BCUT2D eigenvalue weighted by Crippen LogP contribution is 2.56. The molecular formula is C26H37N. The molecule has 6 unspecified atom stereocenters. The standard InChI is InChI=1S/C26H37N/c1-3-13-21(14-12-17-27-2)22-18-23-20-24(19-22)26-16-11-9-7-5-4-6-8-10-15-25(23)26/h3-8,10,12-14,17,21-26H,9,11,15-16,18-20H2,1-2H3/b6-4-,7-5-,10-8+,13-3-,14-12-,27-17-. The SMILES string of the molecule is C/C=C\C(/C=C\C=N/C)C1CC2CC(C1)C1CCC\C=C/C=C\C=C\CC21. The average molecular weight is 364 g/mol. The summed E-state index contributed by atoms with van der Waals surface area (Å²) in [6, 6.07) is 0. The Morgan fingerprint density at radius 2 is 1.70 bits per heavy atom. The third-order valence-corrected chi connectivity index (χ3v) is 7.03. The maximum atomic E-state index is 4.11. The summed E-state index contributed by atoms with van der Waals surface area (Å²) >= 11 is 0. The van der Waals surface area contributed by atoms with Crippen LogP contribution in [0.3, 0.4) is 0 Å². The normalized spacial score (nSPS) is 39.1. The number of aliphatic imine (C=N–C) groups is 1. The van der Waals surface area contributed by atoms with Crippen molar-refractivity contribution in [2.45, 2.75) is 51.9 Å². The molecule has 3 aliphatic rings. The summed E-state index contributed by atoms with van der Waals surface area (Å²) in [5.74, 6) is 5.08. The summed E-state index contributed by atoms with van der Waals surface area (Å²) in [6.45, 7) is 2.16. The van der Waals surface area contributed by atoms with Gasteiger partial charge in [-0.3, -0.25) is 4.99 Å². The van der Waals surface area contributed by atoms with E-state index in [0.717, 1.165) is 29.6 Å². The lowest BCUT2D eigenvalue weighted by atomic mass is 9.73. The van der Waals surface area contributed by atoms with Crippen molar-refractivity contribution in [3.63, 3.8) is 0 Å². The van der Waals surface area contributed by atoms with Crippen molar-refractivity contribution in [3.05, 3.63) is 60.8 Å². The number of hydrogen-bond donors (Lipinski definition) is 0. The van der Waals surface area contributed by atoms with E-state index in [2.05, 4.69) is 72.7 Å². The molecule has 1 heteroatoms. The van der Waals surface area contributed by atoms with Crippen LogP contribution in [0, 0.1) is 35.5 Å². The third-order valence-electron chi connectivity index (χ3n) is 7.03. The van der Waals surface area contributed by atoms with Gasteiger partial charge in [-0.2, -0.15) is 0 Å². The van der Waals surface area contributed by atoms with E-state index in [1.165, 1.54) is 44.9 Å². The van der Waals surface area contributed by atoms with Gasteiger partial charge in [0, 0.05) is 13.3 Å². The molecule has 0 N–H and O–H groups in total. The molecule has 146 valence electrons. The molecule has 0 aromatic heterocycles. The highest BCUT2D eigenvalue weighted by atomic mass is 14.6. The van der Waals surface area contributed by atoms with Crippen LogP contribution >= 0.6 is 0 Å². The highest BCUT2D eigenvalue weighted by molar-refractivity contribution is 5.70. The van der Waals surface area contributed by atoms with Crippen molar-refractivity contribution in [1.29, 1.82) is 0 Å². The van der Waals surface area contributed by atoms with Gasteiger partial charge in [0.2, 0.25) is 0 Å². The fourth-order valence-corrected chi connectivity index (χ4v) is 5.94. The number of nitrogens with zero attached hydrogens (tertiary/aromatic N) is 1. The predicted molar refractivity (Wildman–Crippen MR) is 119 cm³/mol. The van der Waals surface area contributed by atoms with E-state index in [1.807, 2.05) is 13.3 Å². The van der Waals surface area contributed by atoms with E-state index >= 15 is 0 Å². The topological polar surface area (TPSA) is 12.4 Å². The second kappa shape index (κ2) is 10.6. The molecule has 2 saturated carbocycles. The Kier molecular flexibility index (Phi) is 7.93.